The van der Waals surface area contributed by atoms with Gasteiger partial charge in [-0.1, -0.05) is 24.8 Å². The molecule has 1 atom stereocenters. The van der Waals surface area contributed by atoms with Crippen molar-refractivity contribution >= 4 is 5.97 Å². The van der Waals surface area contributed by atoms with E-state index in [1.165, 1.54) is 0 Å². The molecule has 26 heavy (non-hydrogen) atoms. The van der Waals surface area contributed by atoms with Crippen molar-refractivity contribution in [3.8, 4) is 17.2 Å². The van der Waals surface area contributed by atoms with Crippen molar-refractivity contribution in [3.63, 3.8) is 0 Å². The molecular formula is C21H24O5. The Hall–Kier alpha value is -2.79. The van der Waals surface area contributed by atoms with Gasteiger partial charge in [-0.3, -0.25) is 0 Å². The molecular weight excluding hydrogens is 332 g/mol. The standard InChI is InChI=1S/C21H24O5/c1-4-23-14-20(26-21(22)16(2)3)15-24-17-10-12-19(13-11-17)25-18-8-6-5-7-9-18/h5-13,20H,2,4,14-15H2,1,3H3. The maximum Gasteiger partial charge on any atom is 0.333 e. The Morgan fingerprint density at radius 3 is 2.19 bits per heavy atom. The fourth-order valence-electron chi connectivity index (χ4n) is 2.04. The van der Waals surface area contributed by atoms with Crippen LogP contribution in [0.25, 0.3) is 0 Å². The SMILES string of the molecule is C=C(C)C(=O)OC(COCC)COc1ccc(Oc2ccccc2)cc1. The molecule has 138 valence electrons. The summed E-state index contributed by atoms with van der Waals surface area (Å²) in [6.45, 7) is 8.06. The fourth-order valence-corrected chi connectivity index (χ4v) is 2.04. The van der Waals surface area contributed by atoms with Crippen LogP contribution in [0, 0.1) is 0 Å². The van der Waals surface area contributed by atoms with Crippen LogP contribution in [0.1, 0.15) is 13.8 Å². The molecule has 0 bridgehead atoms. The second-order valence-corrected chi connectivity index (χ2v) is 5.66. The van der Waals surface area contributed by atoms with Gasteiger partial charge in [-0.05, 0) is 50.2 Å². The van der Waals surface area contributed by atoms with Gasteiger partial charge in [-0.15, -0.1) is 0 Å². The van der Waals surface area contributed by atoms with Gasteiger partial charge in [-0.2, -0.15) is 0 Å². The lowest BCUT2D eigenvalue weighted by atomic mass is 10.3. The predicted molar refractivity (Wildman–Crippen MR) is 99.6 cm³/mol. The van der Waals surface area contributed by atoms with E-state index >= 15 is 0 Å². The van der Waals surface area contributed by atoms with Gasteiger partial charge in [0.15, 0.2) is 6.10 Å². The van der Waals surface area contributed by atoms with Gasteiger partial charge in [0.1, 0.15) is 23.9 Å². The van der Waals surface area contributed by atoms with Crippen molar-refractivity contribution in [3.05, 3.63) is 66.7 Å². The average Bonchev–Trinajstić information content (AvgIpc) is 2.65. The Morgan fingerprint density at radius 2 is 1.58 bits per heavy atom. The lowest BCUT2D eigenvalue weighted by molar-refractivity contribution is -0.149. The molecule has 5 nitrogen and oxygen atoms in total. The fraction of sp³-hybridized carbons (Fsp3) is 0.286. The lowest BCUT2D eigenvalue weighted by Gasteiger charge is -2.18. The minimum atomic E-state index is -0.501. The summed E-state index contributed by atoms with van der Waals surface area (Å²) in [5.41, 5.74) is 0.342. The third-order valence-electron chi connectivity index (χ3n) is 3.37. The first-order valence-corrected chi connectivity index (χ1v) is 8.48. The summed E-state index contributed by atoms with van der Waals surface area (Å²) >= 11 is 0. The molecule has 0 aliphatic heterocycles. The maximum atomic E-state index is 11.7. The number of hydrogen-bond acceptors (Lipinski definition) is 5. The van der Waals surface area contributed by atoms with Crippen molar-refractivity contribution in [1.29, 1.82) is 0 Å². The van der Waals surface area contributed by atoms with Gasteiger partial charge < -0.3 is 18.9 Å². The Bertz CT molecular complexity index is 694. The van der Waals surface area contributed by atoms with Gasteiger partial charge in [0, 0.05) is 12.2 Å². The Labute approximate surface area is 154 Å². The zero-order valence-corrected chi connectivity index (χ0v) is 15.1. The van der Waals surface area contributed by atoms with E-state index in [-0.39, 0.29) is 13.2 Å². The molecule has 0 N–H and O–H groups in total. The van der Waals surface area contributed by atoms with E-state index in [0.29, 0.717) is 23.7 Å². The molecule has 0 spiro atoms. The predicted octanol–water partition coefficient (Wildman–Crippen LogP) is 4.38. The topological polar surface area (TPSA) is 54.0 Å². The van der Waals surface area contributed by atoms with Crippen molar-refractivity contribution in [2.75, 3.05) is 19.8 Å². The number of hydrogen-bond donors (Lipinski definition) is 0. The minimum Gasteiger partial charge on any atom is -0.490 e. The minimum absolute atomic E-state index is 0.192. The molecule has 0 fully saturated rings. The summed E-state index contributed by atoms with van der Waals surface area (Å²) in [5.74, 6) is 1.68. The summed E-state index contributed by atoms with van der Waals surface area (Å²) < 4.78 is 22.1. The molecule has 0 aliphatic rings. The highest BCUT2D eigenvalue weighted by Gasteiger charge is 2.16. The first kappa shape index (κ1) is 19.5. The number of esters is 1. The maximum absolute atomic E-state index is 11.7. The zero-order chi connectivity index (χ0) is 18.8. The molecule has 5 heteroatoms. The molecule has 0 aromatic heterocycles. The lowest BCUT2D eigenvalue weighted by Crippen LogP contribution is -2.30. The average molecular weight is 356 g/mol. The van der Waals surface area contributed by atoms with Crippen molar-refractivity contribution in [2.24, 2.45) is 0 Å². The van der Waals surface area contributed by atoms with E-state index in [2.05, 4.69) is 6.58 Å². The summed E-state index contributed by atoms with van der Waals surface area (Å²) in [7, 11) is 0. The highest BCUT2D eigenvalue weighted by molar-refractivity contribution is 5.87. The molecule has 0 aliphatic carbocycles. The van der Waals surface area contributed by atoms with E-state index in [9.17, 15) is 4.79 Å². The van der Waals surface area contributed by atoms with Crippen molar-refractivity contribution in [2.45, 2.75) is 20.0 Å². The molecule has 2 aromatic rings. The summed E-state index contributed by atoms with van der Waals surface area (Å²) in [5, 5.41) is 0. The Balaban J connectivity index is 1.89. The van der Waals surface area contributed by atoms with Gasteiger partial charge in [0.05, 0.1) is 6.61 Å². The normalized spacial score (nSPS) is 11.5. The van der Waals surface area contributed by atoms with Crippen LogP contribution in [0.15, 0.2) is 66.7 Å². The zero-order valence-electron chi connectivity index (χ0n) is 15.1. The summed E-state index contributed by atoms with van der Waals surface area (Å²) in [6.07, 6.45) is -0.501. The second kappa shape index (κ2) is 10.3. The first-order valence-electron chi connectivity index (χ1n) is 8.48. The van der Waals surface area contributed by atoms with E-state index in [1.54, 1.807) is 19.1 Å². The number of para-hydroxylation sites is 1. The van der Waals surface area contributed by atoms with Crippen LogP contribution >= 0.6 is 0 Å². The van der Waals surface area contributed by atoms with Crippen LogP contribution in [0.5, 0.6) is 17.2 Å². The van der Waals surface area contributed by atoms with E-state index < -0.39 is 12.1 Å². The molecule has 0 amide bonds. The quantitative estimate of drug-likeness (QED) is 0.467. The van der Waals surface area contributed by atoms with Crippen LogP contribution in [-0.2, 0) is 14.3 Å². The van der Waals surface area contributed by atoms with Gasteiger partial charge >= 0.3 is 5.97 Å². The van der Waals surface area contributed by atoms with Crippen LogP contribution in [0.4, 0.5) is 0 Å². The van der Waals surface area contributed by atoms with Gasteiger partial charge in [0.2, 0.25) is 0 Å². The number of carbonyl (C=O) groups is 1. The second-order valence-electron chi connectivity index (χ2n) is 5.66. The van der Waals surface area contributed by atoms with Crippen LogP contribution in [0.2, 0.25) is 0 Å². The van der Waals surface area contributed by atoms with Crippen LogP contribution in [0.3, 0.4) is 0 Å². The van der Waals surface area contributed by atoms with E-state index in [0.717, 1.165) is 5.75 Å². The Kier molecular flexibility index (Phi) is 7.71. The number of carbonyl (C=O) groups excluding carboxylic acids is 1. The van der Waals surface area contributed by atoms with Crippen LogP contribution in [-0.4, -0.2) is 31.9 Å². The number of benzene rings is 2. The largest absolute Gasteiger partial charge is 0.490 e. The first-order chi connectivity index (χ1) is 12.6. The van der Waals surface area contributed by atoms with E-state index in [4.69, 9.17) is 18.9 Å². The molecule has 1 unspecified atom stereocenters. The monoisotopic (exact) mass is 356 g/mol. The van der Waals surface area contributed by atoms with Crippen molar-refractivity contribution < 1.29 is 23.7 Å². The summed E-state index contributed by atoms with van der Waals surface area (Å²) in [6, 6.07) is 16.8. The highest BCUT2D eigenvalue weighted by atomic mass is 16.6. The third kappa shape index (κ3) is 6.61. The van der Waals surface area contributed by atoms with Gasteiger partial charge in [0.25, 0.3) is 0 Å². The van der Waals surface area contributed by atoms with Crippen molar-refractivity contribution in [1.82, 2.24) is 0 Å². The molecule has 0 radical (unpaired) electrons. The highest BCUT2D eigenvalue weighted by Crippen LogP contribution is 2.23. The molecule has 0 saturated carbocycles. The molecule has 0 heterocycles. The Morgan fingerprint density at radius 1 is 0.962 bits per heavy atom. The molecule has 0 saturated heterocycles. The third-order valence-corrected chi connectivity index (χ3v) is 3.37. The molecule has 2 rings (SSSR count). The van der Waals surface area contributed by atoms with Gasteiger partial charge in [-0.25, -0.2) is 4.79 Å². The van der Waals surface area contributed by atoms with Crippen LogP contribution < -0.4 is 9.47 Å². The molecule has 2 aromatic carbocycles. The number of rotatable bonds is 10. The van der Waals surface area contributed by atoms with E-state index in [1.807, 2.05) is 49.4 Å². The number of ether oxygens (including phenoxy) is 4. The smallest absolute Gasteiger partial charge is 0.333 e. The summed E-state index contributed by atoms with van der Waals surface area (Å²) in [4.78, 5) is 11.7.